The maximum atomic E-state index is 12.1. The molecule has 0 unspecified atom stereocenters. The number of hydrogen-bond acceptors (Lipinski definition) is 8. The normalized spacial score (nSPS) is 10.8. The number of methoxy groups -OCH3 is 1. The molecular formula is C19H17N5O5. The number of hydrogen-bond donors (Lipinski definition) is 1. The number of para-hydroxylation sites is 1. The van der Waals surface area contributed by atoms with E-state index in [0.29, 0.717) is 11.3 Å². The lowest BCUT2D eigenvalue weighted by Crippen LogP contribution is -2.05. The van der Waals surface area contributed by atoms with Gasteiger partial charge in [0.25, 0.3) is 5.69 Å². The van der Waals surface area contributed by atoms with Crippen LogP contribution in [-0.2, 0) is 4.74 Å². The number of nitrogens with zero attached hydrogens (tertiary/aromatic N) is 4. The van der Waals surface area contributed by atoms with Crippen LogP contribution in [0.15, 0.2) is 53.8 Å². The van der Waals surface area contributed by atoms with Crippen LogP contribution in [0.1, 0.15) is 21.6 Å². The summed E-state index contributed by atoms with van der Waals surface area (Å²) in [6.45, 7) is 1.79. The number of carbonyl (C=O) groups excluding carboxylic acids is 1. The first-order chi connectivity index (χ1) is 13.9. The second-order valence-corrected chi connectivity index (χ2v) is 5.90. The fourth-order valence-corrected chi connectivity index (χ4v) is 2.51. The lowest BCUT2D eigenvalue weighted by Gasteiger charge is -2.11. The van der Waals surface area contributed by atoms with E-state index in [1.807, 2.05) is 0 Å². The molecule has 0 aliphatic carbocycles. The molecule has 0 bridgehead atoms. The first kappa shape index (κ1) is 19.5. The number of nitro groups is 1. The van der Waals surface area contributed by atoms with E-state index in [9.17, 15) is 14.9 Å². The Hall–Kier alpha value is -4.21. The van der Waals surface area contributed by atoms with E-state index in [-0.39, 0.29) is 22.9 Å². The highest BCUT2D eigenvalue weighted by atomic mass is 16.6. The van der Waals surface area contributed by atoms with E-state index in [1.54, 1.807) is 37.4 Å². The maximum Gasteiger partial charge on any atom is 0.341 e. The highest BCUT2D eigenvalue weighted by Gasteiger charge is 2.19. The molecule has 0 aliphatic heterocycles. The number of nitrogen functional groups attached to an aromatic ring is 1. The molecule has 0 radical (unpaired) electrons. The van der Waals surface area contributed by atoms with E-state index in [4.69, 9.17) is 15.2 Å². The standard InChI is InChI=1S/C19H17N5O5/c1-12-11-23(19(20)22-12)21-10-13-5-3-4-6-16(13)29-17-8-7-14(24(26)27)9-15(17)18(25)28-2/h3-11H,1-2H3,(H2,20,22). The number of nitro benzene ring substituents is 1. The minimum absolute atomic E-state index is 0.0667. The summed E-state index contributed by atoms with van der Waals surface area (Å²) in [6, 6.07) is 10.6. The molecule has 0 amide bonds. The average molecular weight is 395 g/mol. The van der Waals surface area contributed by atoms with Crippen LogP contribution in [0.3, 0.4) is 0 Å². The van der Waals surface area contributed by atoms with Crippen molar-refractivity contribution >= 4 is 23.8 Å². The minimum atomic E-state index is -0.753. The number of benzene rings is 2. The zero-order chi connectivity index (χ0) is 21.0. The summed E-state index contributed by atoms with van der Waals surface area (Å²) in [4.78, 5) is 26.5. The van der Waals surface area contributed by atoms with Crippen molar-refractivity contribution in [3.8, 4) is 11.5 Å². The Morgan fingerprint density at radius 2 is 2.03 bits per heavy atom. The third-order valence-electron chi connectivity index (χ3n) is 3.87. The van der Waals surface area contributed by atoms with Gasteiger partial charge in [-0.3, -0.25) is 10.1 Å². The molecule has 29 heavy (non-hydrogen) atoms. The van der Waals surface area contributed by atoms with Crippen molar-refractivity contribution in [2.75, 3.05) is 12.8 Å². The van der Waals surface area contributed by atoms with Crippen molar-refractivity contribution < 1.29 is 19.2 Å². The fourth-order valence-electron chi connectivity index (χ4n) is 2.51. The monoisotopic (exact) mass is 395 g/mol. The third kappa shape index (κ3) is 4.38. The van der Waals surface area contributed by atoms with Gasteiger partial charge in [0.2, 0.25) is 5.95 Å². The molecule has 1 heterocycles. The predicted octanol–water partition coefficient (Wildman–Crippen LogP) is 3.14. The molecule has 3 rings (SSSR count). The van der Waals surface area contributed by atoms with Crippen LogP contribution in [0.4, 0.5) is 11.6 Å². The summed E-state index contributed by atoms with van der Waals surface area (Å²) < 4.78 is 12.0. The molecule has 0 saturated carbocycles. The van der Waals surface area contributed by atoms with Gasteiger partial charge in [-0.05, 0) is 25.1 Å². The first-order valence-corrected chi connectivity index (χ1v) is 8.38. The van der Waals surface area contributed by atoms with Crippen molar-refractivity contribution in [1.29, 1.82) is 0 Å². The Bertz CT molecular complexity index is 1110. The number of anilines is 1. The van der Waals surface area contributed by atoms with Crippen LogP contribution in [0, 0.1) is 17.0 Å². The topological polar surface area (TPSA) is 135 Å². The third-order valence-corrected chi connectivity index (χ3v) is 3.87. The molecule has 1 aromatic heterocycles. The number of aryl methyl sites for hydroxylation is 1. The van der Waals surface area contributed by atoms with Crippen LogP contribution in [0.2, 0.25) is 0 Å². The average Bonchev–Trinajstić information content (AvgIpc) is 3.03. The van der Waals surface area contributed by atoms with Crippen LogP contribution in [-0.4, -0.2) is 33.9 Å². The highest BCUT2D eigenvalue weighted by Crippen LogP contribution is 2.30. The Morgan fingerprint density at radius 1 is 1.28 bits per heavy atom. The molecule has 0 saturated heterocycles. The Labute approximate surface area is 165 Å². The molecule has 0 atom stereocenters. The summed E-state index contributed by atoms with van der Waals surface area (Å²) in [5.74, 6) is -0.0241. The van der Waals surface area contributed by atoms with Gasteiger partial charge in [-0.15, -0.1) is 0 Å². The van der Waals surface area contributed by atoms with Gasteiger partial charge in [0, 0.05) is 17.7 Å². The van der Waals surface area contributed by atoms with Gasteiger partial charge >= 0.3 is 5.97 Å². The predicted molar refractivity (Wildman–Crippen MR) is 105 cm³/mol. The summed E-state index contributed by atoms with van der Waals surface area (Å²) in [5, 5.41) is 15.3. The zero-order valence-corrected chi connectivity index (χ0v) is 15.6. The van der Waals surface area contributed by atoms with Crippen molar-refractivity contribution in [2.45, 2.75) is 6.92 Å². The minimum Gasteiger partial charge on any atom is -0.465 e. The molecule has 2 aromatic carbocycles. The summed E-state index contributed by atoms with van der Waals surface area (Å²) in [7, 11) is 1.18. The highest BCUT2D eigenvalue weighted by molar-refractivity contribution is 5.93. The van der Waals surface area contributed by atoms with Gasteiger partial charge in [-0.25, -0.2) is 14.5 Å². The molecule has 148 valence electrons. The lowest BCUT2D eigenvalue weighted by atomic mass is 10.1. The number of ether oxygens (including phenoxy) is 2. The van der Waals surface area contributed by atoms with Gasteiger partial charge in [-0.1, -0.05) is 12.1 Å². The quantitative estimate of drug-likeness (QED) is 0.293. The summed E-state index contributed by atoms with van der Waals surface area (Å²) in [5.41, 5.74) is 6.77. The Balaban J connectivity index is 1.96. The van der Waals surface area contributed by atoms with E-state index in [2.05, 4.69) is 10.1 Å². The van der Waals surface area contributed by atoms with E-state index >= 15 is 0 Å². The number of carbonyl (C=O) groups is 1. The zero-order valence-electron chi connectivity index (χ0n) is 15.6. The SMILES string of the molecule is COC(=O)c1cc([N+](=O)[O-])ccc1Oc1ccccc1C=Nn1cc(C)nc1N. The second-order valence-electron chi connectivity index (χ2n) is 5.90. The molecule has 3 aromatic rings. The smallest absolute Gasteiger partial charge is 0.341 e. The number of imidazole rings is 1. The Morgan fingerprint density at radius 3 is 2.69 bits per heavy atom. The molecular weight excluding hydrogens is 378 g/mol. The number of nitrogens with two attached hydrogens (primary N) is 1. The van der Waals surface area contributed by atoms with Crippen LogP contribution < -0.4 is 10.5 Å². The lowest BCUT2D eigenvalue weighted by molar-refractivity contribution is -0.384. The largest absolute Gasteiger partial charge is 0.465 e. The molecule has 0 aliphatic rings. The molecule has 0 spiro atoms. The number of aromatic nitrogens is 2. The first-order valence-electron chi connectivity index (χ1n) is 8.38. The summed E-state index contributed by atoms with van der Waals surface area (Å²) >= 11 is 0. The van der Waals surface area contributed by atoms with E-state index in [0.717, 1.165) is 11.8 Å². The molecule has 2 N–H and O–H groups in total. The molecule has 10 heteroatoms. The number of non-ortho nitro benzene ring substituents is 1. The van der Waals surface area contributed by atoms with Crippen LogP contribution in [0.5, 0.6) is 11.5 Å². The van der Waals surface area contributed by atoms with Crippen molar-refractivity contribution in [1.82, 2.24) is 9.66 Å². The number of rotatable bonds is 6. The molecule has 10 nitrogen and oxygen atoms in total. The van der Waals surface area contributed by atoms with Gasteiger partial charge in [-0.2, -0.15) is 5.10 Å². The van der Waals surface area contributed by atoms with Crippen molar-refractivity contribution in [3.05, 3.63) is 75.6 Å². The Kier molecular flexibility index (Phi) is 5.54. The molecule has 0 fully saturated rings. The van der Waals surface area contributed by atoms with Gasteiger partial charge in [0.15, 0.2) is 0 Å². The van der Waals surface area contributed by atoms with Crippen molar-refractivity contribution in [3.63, 3.8) is 0 Å². The fraction of sp³-hybridized carbons (Fsp3) is 0.105. The van der Waals surface area contributed by atoms with Gasteiger partial charge in [0.1, 0.15) is 17.1 Å². The van der Waals surface area contributed by atoms with E-state index in [1.165, 1.54) is 30.1 Å². The number of esters is 1. The van der Waals surface area contributed by atoms with Gasteiger partial charge in [0.05, 0.1) is 30.1 Å². The van der Waals surface area contributed by atoms with Crippen molar-refractivity contribution in [2.24, 2.45) is 5.10 Å². The second kappa shape index (κ2) is 8.21. The van der Waals surface area contributed by atoms with Crippen LogP contribution in [0.25, 0.3) is 0 Å². The summed E-state index contributed by atoms with van der Waals surface area (Å²) in [6.07, 6.45) is 3.19. The van der Waals surface area contributed by atoms with Crippen LogP contribution >= 0.6 is 0 Å². The maximum absolute atomic E-state index is 12.1. The van der Waals surface area contributed by atoms with E-state index < -0.39 is 10.9 Å². The van der Waals surface area contributed by atoms with Gasteiger partial charge < -0.3 is 15.2 Å².